The van der Waals surface area contributed by atoms with Gasteiger partial charge in [-0.2, -0.15) is 5.10 Å². The Bertz CT molecular complexity index is 659. The van der Waals surface area contributed by atoms with Crippen LogP contribution >= 0.6 is 0 Å². The molecule has 0 atom stereocenters. The maximum absolute atomic E-state index is 12.0. The van der Waals surface area contributed by atoms with Crippen LogP contribution in [0.15, 0.2) is 42.6 Å². The van der Waals surface area contributed by atoms with E-state index in [1.165, 1.54) is 18.4 Å². The molecule has 1 N–H and O–H groups in total. The molecule has 0 radical (unpaired) electrons. The molecule has 134 valence electrons. The van der Waals surface area contributed by atoms with Crippen LogP contribution in [0.5, 0.6) is 0 Å². The molecule has 0 bridgehead atoms. The highest BCUT2D eigenvalue weighted by molar-refractivity contribution is 5.76. The van der Waals surface area contributed by atoms with Gasteiger partial charge in [0, 0.05) is 38.4 Å². The maximum atomic E-state index is 12.0. The first-order valence-electron chi connectivity index (χ1n) is 9.23. The summed E-state index contributed by atoms with van der Waals surface area (Å²) in [5.41, 5.74) is 2.56. The van der Waals surface area contributed by atoms with E-state index >= 15 is 0 Å². The zero-order valence-electron chi connectivity index (χ0n) is 15.0. The molecule has 1 aromatic carbocycles. The standard InChI is InChI=1S/C20H28N4O/c1-23-19(9-12-22-23)7-8-20(25)21-13-16-24-14-10-18(11-15-24)17-5-3-2-4-6-17/h2-6,9,12,18H,7-8,10-11,13-16H2,1H3,(H,21,25). The summed E-state index contributed by atoms with van der Waals surface area (Å²) in [6, 6.07) is 12.8. The molecule has 0 spiro atoms. The predicted octanol–water partition coefficient (Wildman–Crippen LogP) is 2.35. The van der Waals surface area contributed by atoms with E-state index in [9.17, 15) is 4.79 Å². The summed E-state index contributed by atoms with van der Waals surface area (Å²) in [7, 11) is 1.91. The highest BCUT2D eigenvalue weighted by Gasteiger charge is 2.20. The van der Waals surface area contributed by atoms with Crippen LogP contribution < -0.4 is 5.32 Å². The van der Waals surface area contributed by atoms with Crippen LogP contribution in [0.1, 0.15) is 36.4 Å². The van der Waals surface area contributed by atoms with Gasteiger partial charge in [-0.15, -0.1) is 0 Å². The van der Waals surface area contributed by atoms with Gasteiger partial charge in [0.2, 0.25) is 5.91 Å². The molecule has 5 heteroatoms. The van der Waals surface area contributed by atoms with E-state index in [4.69, 9.17) is 0 Å². The van der Waals surface area contributed by atoms with Crippen molar-refractivity contribution in [3.05, 3.63) is 53.9 Å². The van der Waals surface area contributed by atoms with Gasteiger partial charge < -0.3 is 10.2 Å². The number of rotatable bonds is 7. The van der Waals surface area contributed by atoms with Crippen molar-refractivity contribution >= 4 is 5.91 Å². The van der Waals surface area contributed by atoms with Crippen LogP contribution in [0.2, 0.25) is 0 Å². The molecule has 1 aliphatic heterocycles. The van der Waals surface area contributed by atoms with Crippen LogP contribution in [0, 0.1) is 0 Å². The number of amides is 1. The Morgan fingerprint density at radius 3 is 2.64 bits per heavy atom. The van der Waals surface area contributed by atoms with Crippen LogP contribution in [0.4, 0.5) is 0 Å². The molecule has 1 saturated heterocycles. The minimum Gasteiger partial charge on any atom is -0.355 e. The maximum Gasteiger partial charge on any atom is 0.220 e. The van der Waals surface area contributed by atoms with Crippen molar-refractivity contribution in [2.45, 2.75) is 31.6 Å². The summed E-state index contributed by atoms with van der Waals surface area (Å²) < 4.78 is 1.82. The number of aromatic nitrogens is 2. The molecule has 0 saturated carbocycles. The van der Waals surface area contributed by atoms with Crippen LogP contribution in [0.25, 0.3) is 0 Å². The second kappa shape index (κ2) is 8.81. The number of hydrogen-bond acceptors (Lipinski definition) is 3. The van der Waals surface area contributed by atoms with Crippen molar-refractivity contribution in [3.63, 3.8) is 0 Å². The molecule has 0 unspecified atom stereocenters. The van der Waals surface area contributed by atoms with Gasteiger partial charge in [0.05, 0.1) is 0 Å². The molecule has 2 aromatic rings. The summed E-state index contributed by atoms with van der Waals surface area (Å²) in [6.07, 6.45) is 5.45. The highest BCUT2D eigenvalue weighted by atomic mass is 16.1. The van der Waals surface area contributed by atoms with Gasteiger partial charge in [0.15, 0.2) is 0 Å². The number of hydrogen-bond donors (Lipinski definition) is 1. The number of carbonyl (C=O) groups excluding carboxylic acids is 1. The van der Waals surface area contributed by atoms with E-state index in [0.717, 1.165) is 38.3 Å². The second-order valence-corrected chi connectivity index (χ2v) is 6.82. The first-order chi connectivity index (χ1) is 12.2. The van der Waals surface area contributed by atoms with Crippen molar-refractivity contribution in [1.29, 1.82) is 0 Å². The highest BCUT2D eigenvalue weighted by Crippen LogP contribution is 2.27. The first-order valence-corrected chi connectivity index (χ1v) is 9.23. The average Bonchev–Trinajstić information content (AvgIpc) is 3.06. The van der Waals surface area contributed by atoms with E-state index in [1.807, 2.05) is 17.8 Å². The van der Waals surface area contributed by atoms with Gasteiger partial charge in [0.25, 0.3) is 0 Å². The second-order valence-electron chi connectivity index (χ2n) is 6.82. The Morgan fingerprint density at radius 1 is 1.20 bits per heavy atom. The summed E-state index contributed by atoms with van der Waals surface area (Å²) in [4.78, 5) is 14.4. The molecule has 1 aliphatic rings. The van der Waals surface area contributed by atoms with Crippen LogP contribution in [-0.2, 0) is 18.3 Å². The molecule has 0 aliphatic carbocycles. The lowest BCUT2D eigenvalue weighted by Gasteiger charge is -2.32. The molecule has 1 amide bonds. The normalized spacial score (nSPS) is 16.0. The molecular weight excluding hydrogens is 312 g/mol. The molecule has 5 nitrogen and oxygen atoms in total. The van der Waals surface area contributed by atoms with Crippen LogP contribution in [0.3, 0.4) is 0 Å². The molecular formula is C20H28N4O. The Labute approximate surface area is 150 Å². The minimum atomic E-state index is 0.125. The number of piperidine rings is 1. The van der Waals surface area contributed by atoms with Crippen molar-refractivity contribution in [3.8, 4) is 0 Å². The van der Waals surface area contributed by atoms with Crippen molar-refractivity contribution in [1.82, 2.24) is 20.0 Å². The number of aryl methyl sites for hydroxylation is 2. The molecule has 2 heterocycles. The van der Waals surface area contributed by atoms with Gasteiger partial charge in [-0.3, -0.25) is 9.48 Å². The van der Waals surface area contributed by atoms with E-state index < -0.39 is 0 Å². The smallest absolute Gasteiger partial charge is 0.220 e. The van der Waals surface area contributed by atoms with Gasteiger partial charge in [0.1, 0.15) is 0 Å². The third kappa shape index (κ3) is 5.16. The summed E-state index contributed by atoms with van der Waals surface area (Å²) in [6.45, 7) is 3.91. The topological polar surface area (TPSA) is 50.2 Å². The number of benzene rings is 1. The summed E-state index contributed by atoms with van der Waals surface area (Å²) in [5.74, 6) is 0.811. The molecule has 1 aromatic heterocycles. The third-order valence-electron chi connectivity index (χ3n) is 5.14. The number of nitrogens with zero attached hydrogens (tertiary/aromatic N) is 3. The lowest BCUT2D eigenvalue weighted by atomic mass is 9.89. The molecule has 25 heavy (non-hydrogen) atoms. The Kier molecular flexibility index (Phi) is 6.23. The van der Waals surface area contributed by atoms with Crippen molar-refractivity contribution in [2.75, 3.05) is 26.2 Å². The van der Waals surface area contributed by atoms with E-state index in [2.05, 4.69) is 45.6 Å². The molecule has 1 fully saturated rings. The van der Waals surface area contributed by atoms with Gasteiger partial charge >= 0.3 is 0 Å². The average molecular weight is 340 g/mol. The predicted molar refractivity (Wildman–Crippen MR) is 99.4 cm³/mol. The summed E-state index contributed by atoms with van der Waals surface area (Å²) in [5, 5.41) is 7.17. The third-order valence-corrected chi connectivity index (χ3v) is 5.14. The lowest BCUT2D eigenvalue weighted by Crippen LogP contribution is -2.39. The summed E-state index contributed by atoms with van der Waals surface area (Å²) >= 11 is 0. The lowest BCUT2D eigenvalue weighted by molar-refractivity contribution is -0.121. The monoisotopic (exact) mass is 340 g/mol. The SMILES string of the molecule is Cn1nccc1CCC(=O)NCCN1CCC(c2ccccc2)CC1. The van der Waals surface area contributed by atoms with Crippen LogP contribution in [-0.4, -0.2) is 46.8 Å². The zero-order valence-corrected chi connectivity index (χ0v) is 15.0. The zero-order chi connectivity index (χ0) is 17.5. The van der Waals surface area contributed by atoms with Gasteiger partial charge in [-0.1, -0.05) is 30.3 Å². The molecule has 3 rings (SSSR count). The minimum absolute atomic E-state index is 0.125. The number of carbonyl (C=O) groups is 1. The fourth-order valence-corrected chi connectivity index (χ4v) is 3.55. The number of likely N-dealkylation sites (tertiary alicyclic amines) is 1. The Hall–Kier alpha value is -2.14. The largest absolute Gasteiger partial charge is 0.355 e. The fraction of sp³-hybridized carbons (Fsp3) is 0.500. The van der Waals surface area contributed by atoms with Crippen molar-refractivity contribution in [2.24, 2.45) is 7.05 Å². The van der Waals surface area contributed by atoms with Gasteiger partial charge in [-0.05, 0) is 49.9 Å². The number of nitrogens with one attached hydrogen (secondary N) is 1. The van der Waals surface area contributed by atoms with E-state index in [-0.39, 0.29) is 5.91 Å². The fourth-order valence-electron chi connectivity index (χ4n) is 3.55. The Morgan fingerprint density at radius 2 is 1.96 bits per heavy atom. The quantitative estimate of drug-likeness (QED) is 0.842. The van der Waals surface area contributed by atoms with E-state index in [0.29, 0.717) is 12.3 Å². The first kappa shape index (κ1) is 17.7. The van der Waals surface area contributed by atoms with Crippen molar-refractivity contribution < 1.29 is 4.79 Å². The Balaban J connectivity index is 1.31. The van der Waals surface area contributed by atoms with Gasteiger partial charge in [-0.25, -0.2) is 0 Å². The van der Waals surface area contributed by atoms with E-state index in [1.54, 1.807) is 6.20 Å².